The summed E-state index contributed by atoms with van der Waals surface area (Å²) in [5, 5.41) is 0. The number of likely N-dealkylation sites (tertiary alicyclic amines) is 1. The number of anilines is 1. The molecule has 148 valence electrons. The first-order chi connectivity index (χ1) is 12.8. The highest BCUT2D eigenvalue weighted by atomic mass is 32.2. The van der Waals surface area contributed by atoms with Crippen LogP contribution < -0.4 is 14.4 Å². The number of carbonyl (C=O) groups is 2. The van der Waals surface area contributed by atoms with Crippen molar-refractivity contribution in [2.75, 3.05) is 37.4 Å². The second-order valence-corrected chi connectivity index (χ2v) is 8.76. The Morgan fingerprint density at radius 1 is 1.26 bits per heavy atom. The lowest BCUT2D eigenvalue weighted by Gasteiger charge is -2.31. The molecule has 0 spiro atoms. The number of nitrogens with zero attached hydrogens (tertiary/aromatic N) is 2. The van der Waals surface area contributed by atoms with Gasteiger partial charge in [-0.05, 0) is 31.4 Å². The van der Waals surface area contributed by atoms with Crippen molar-refractivity contribution < 1.29 is 22.7 Å². The second-order valence-electron chi connectivity index (χ2n) is 6.98. The molecule has 1 aromatic rings. The molecule has 0 radical (unpaired) electrons. The highest BCUT2D eigenvalue weighted by Crippen LogP contribution is 2.25. The zero-order valence-electron chi connectivity index (χ0n) is 15.4. The molecule has 9 heteroatoms. The van der Waals surface area contributed by atoms with E-state index >= 15 is 0 Å². The van der Waals surface area contributed by atoms with Gasteiger partial charge in [-0.15, -0.1) is 0 Å². The monoisotopic (exact) mass is 395 g/mol. The summed E-state index contributed by atoms with van der Waals surface area (Å²) in [5.74, 6) is 0.526. The van der Waals surface area contributed by atoms with Gasteiger partial charge in [0.1, 0.15) is 5.75 Å². The van der Waals surface area contributed by atoms with Crippen molar-refractivity contribution in [3.8, 4) is 5.75 Å². The molecule has 0 aromatic heterocycles. The Morgan fingerprint density at radius 3 is 2.63 bits per heavy atom. The Morgan fingerprint density at radius 2 is 2.00 bits per heavy atom. The first kappa shape index (κ1) is 19.6. The van der Waals surface area contributed by atoms with Gasteiger partial charge in [-0.1, -0.05) is 6.07 Å². The van der Waals surface area contributed by atoms with Crippen molar-refractivity contribution >= 4 is 27.5 Å². The van der Waals surface area contributed by atoms with E-state index in [1.807, 2.05) is 12.1 Å². The van der Waals surface area contributed by atoms with Gasteiger partial charge in [0.15, 0.2) is 6.61 Å². The molecule has 1 N–H and O–H groups in total. The molecule has 0 saturated carbocycles. The van der Waals surface area contributed by atoms with Gasteiger partial charge in [0.2, 0.25) is 15.9 Å². The van der Waals surface area contributed by atoms with Crippen LogP contribution in [0.25, 0.3) is 0 Å². The molecular weight excluding hydrogens is 370 g/mol. The Kier molecular flexibility index (Phi) is 6.01. The van der Waals surface area contributed by atoms with E-state index in [4.69, 9.17) is 4.74 Å². The van der Waals surface area contributed by atoms with Crippen LogP contribution in [0.2, 0.25) is 0 Å². The van der Waals surface area contributed by atoms with Gasteiger partial charge in [0.25, 0.3) is 5.91 Å². The summed E-state index contributed by atoms with van der Waals surface area (Å²) in [7, 11) is -3.23. The highest BCUT2D eigenvalue weighted by molar-refractivity contribution is 7.88. The van der Waals surface area contributed by atoms with E-state index in [2.05, 4.69) is 4.72 Å². The summed E-state index contributed by atoms with van der Waals surface area (Å²) in [6.07, 6.45) is 3.74. The Balaban J connectivity index is 1.49. The summed E-state index contributed by atoms with van der Waals surface area (Å²) < 4.78 is 30.8. The van der Waals surface area contributed by atoms with E-state index < -0.39 is 10.0 Å². The van der Waals surface area contributed by atoms with Gasteiger partial charge in [-0.2, -0.15) is 0 Å². The Labute approximate surface area is 159 Å². The minimum atomic E-state index is -3.23. The van der Waals surface area contributed by atoms with Crippen molar-refractivity contribution in [1.82, 2.24) is 9.62 Å². The Bertz CT molecular complexity index is 803. The third-order valence-electron chi connectivity index (χ3n) is 4.79. The number of hydrogen-bond donors (Lipinski definition) is 1. The number of carbonyl (C=O) groups excluding carboxylic acids is 2. The van der Waals surface area contributed by atoms with Crippen LogP contribution >= 0.6 is 0 Å². The van der Waals surface area contributed by atoms with Crippen molar-refractivity contribution in [2.24, 2.45) is 0 Å². The normalized spacial score (nSPS) is 18.8. The van der Waals surface area contributed by atoms with Crippen LogP contribution in [0.4, 0.5) is 5.69 Å². The molecule has 3 rings (SSSR count). The van der Waals surface area contributed by atoms with Crippen LogP contribution in [0.1, 0.15) is 25.7 Å². The maximum absolute atomic E-state index is 12.4. The molecule has 8 nitrogen and oxygen atoms in total. The molecule has 2 aliphatic rings. The van der Waals surface area contributed by atoms with Crippen LogP contribution in [0.5, 0.6) is 5.75 Å². The molecule has 0 unspecified atom stereocenters. The van der Waals surface area contributed by atoms with Gasteiger partial charge in [0.05, 0.1) is 6.26 Å². The maximum Gasteiger partial charge on any atom is 0.260 e. The van der Waals surface area contributed by atoms with Gasteiger partial charge in [-0.3, -0.25) is 9.59 Å². The number of ether oxygens (including phenoxy) is 1. The predicted octanol–water partition coefficient (Wildman–Crippen LogP) is 0.732. The van der Waals surface area contributed by atoms with Gasteiger partial charge in [-0.25, -0.2) is 13.1 Å². The molecule has 0 aliphatic carbocycles. The van der Waals surface area contributed by atoms with Crippen LogP contribution in [0.3, 0.4) is 0 Å². The minimum Gasteiger partial charge on any atom is -0.484 e. The highest BCUT2D eigenvalue weighted by Gasteiger charge is 2.25. The molecule has 0 atom stereocenters. The van der Waals surface area contributed by atoms with E-state index in [1.165, 1.54) is 0 Å². The van der Waals surface area contributed by atoms with Crippen LogP contribution in [-0.4, -0.2) is 63.7 Å². The fourth-order valence-electron chi connectivity index (χ4n) is 3.45. The van der Waals surface area contributed by atoms with Gasteiger partial charge in [0, 0.05) is 43.9 Å². The lowest BCUT2D eigenvalue weighted by atomic mass is 10.1. The number of hydrogen-bond acceptors (Lipinski definition) is 5. The molecule has 2 aliphatic heterocycles. The first-order valence-corrected chi connectivity index (χ1v) is 11.0. The summed E-state index contributed by atoms with van der Waals surface area (Å²) in [6.45, 7) is 1.62. The lowest BCUT2D eigenvalue weighted by molar-refractivity contribution is -0.134. The summed E-state index contributed by atoms with van der Waals surface area (Å²) in [5.41, 5.74) is 0.787. The third-order valence-corrected chi connectivity index (χ3v) is 5.55. The van der Waals surface area contributed by atoms with E-state index in [0.717, 1.165) is 18.4 Å². The maximum atomic E-state index is 12.4. The number of benzene rings is 1. The first-order valence-electron chi connectivity index (χ1n) is 9.10. The fraction of sp³-hybridized carbons (Fsp3) is 0.556. The van der Waals surface area contributed by atoms with E-state index in [1.54, 1.807) is 21.9 Å². The van der Waals surface area contributed by atoms with Gasteiger partial charge < -0.3 is 14.5 Å². The summed E-state index contributed by atoms with van der Waals surface area (Å²) >= 11 is 0. The quantitative estimate of drug-likeness (QED) is 0.766. The molecule has 2 amide bonds. The zero-order chi connectivity index (χ0) is 19.4. The Hall–Kier alpha value is -2.13. The van der Waals surface area contributed by atoms with Gasteiger partial charge >= 0.3 is 0 Å². The molecule has 2 heterocycles. The molecule has 1 aromatic carbocycles. The standard InChI is InChI=1S/C18H25N3O5S/c1-27(24,25)19-14-7-10-20(11-8-14)18(23)13-26-16-5-2-4-15(12-16)21-9-3-6-17(21)22/h2,4-5,12,14,19H,3,6-11,13H2,1H3. The SMILES string of the molecule is CS(=O)(=O)NC1CCN(C(=O)COc2cccc(N3CCCC3=O)c2)CC1. The minimum absolute atomic E-state index is 0.0818. The van der Waals surface area contributed by atoms with Crippen molar-refractivity contribution in [3.05, 3.63) is 24.3 Å². The largest absolute Gasteiger partial charge is 0.484 e. The summed E-state index contributed by atoms with van der Waals surface area (Å²) in [4.78, 5) is 27.6. The smallest absolute Gasteiger partial charge is 0.260 e. The zero-order valence-corrected chi connectivity index (χ0v) is 16.2. The number of nitrogens with one attached hydrogen (secondary N) is 1. The number of amides is 2. The summed E-state index contributed by atoms with van der Waals surface area (Å²) in [6, 6.07) is 7.08. The van der Waals surface area contributed by atoms with Crippen LogP contribution in [0.15, 0.2) is 24.3 Å². The van der Waals surface area contributed by atoms with E-state index in [0.29, 0.717) is 44.6 Å². The van der Waals surface area contributed by atoms with Crippen LogP contribution in [-0.2, 0) is 19.6 Å². The fourth-order valence-corrected chi connectivity index (χ4v) is 4.29. The molecule has 0 bridgehead atoms. The number of rotatable bonds is 6. The van der Waals surface area contributed by atoms with E-state index in [-0.39, 0.29) is 24.5 Å². The lowest BCUT2D eigenvalue weighted by Crippen LogP contribution is -2.47. The molecule has 27 heavy (non-hydrogen) atoms. The van der Waals surface area contributed by atoms with Crippen molar-refractivity contribution in [1.29, 1.82) is 0 Å². The molecule has 2 saturated heterocycles. The number of piperidine rings is 1. The van der Waals surface area contributed by atoms with Crippen molar-refractivity contribution in [2.45, 2.75) is 31.7 Å². The van der Waals surface area contributed by atoms with Crippen LogP contribution in [0, 0.1) is 0 Å². The number of sulfonamides is 1. The van der Waals surface area contributed by atoms with E-state index in [9.17, 15) is 18.0 Å². The average Bonchev–Trinajstić information content (AvgIpc) is 3.05. The molecular formula is C18H25N3O5S. The topological polar surface area (TPSA) is 96.0 Å². The predicted molar refractivity (Wildman–Crippen MR) is 101 cm³/mol. The second kappa shape index (κ2) is 8.26. The van der Waals surface area contributed by atoms with Crippen molar-refractivity contribution in [3.63, 3.8) is 0 Å². The molecule has 2 fully saturated rings. The third kappa shape index (κ3) is 5.43. The average molecular weight is 395 g/mol.